The van der Waals surface area contributed by atoms with E-state index in [0.717, 1.165) is 51.4 Å². The molecule has 0 saturated carbocycles. The number of allylic oxidation sites excluding steroid dienone is 4. The van der Waals surface area contributed by atoms with Gasteiger partial charge < -0.3 is 0 Å². The van der Waals surface area contributed by atoms with Crippen LogP contribution >= 0.6 is 0 Å². The Balaban J connectivity index is 3.59. The molecule has 0 aromatic heterocycles. The fourth-order valence-corrected chi connectivity index (χ4v) is 5.45. The first-order valence-electron chi connectivity index (χ1n) is 18.9. The van der Waals surface area contributed by atoms with E-state index in [9.17, 15) is 9.59 Å². The van der Waals surface area contributed by atoms with Gasteiger partial charge in [0.25, 0.3) is 0 Å². The van der Waals surface area contributed by atoms with Crippen LogP contribution in [0, 0.1) is 0 Å². The molecule has 0 atom stereocenters. The predicted molar refractivity (Wildman–Crippen MR) is 191 cm³/mol. The van der Waals surface area contributed by atoms with Crippen LogP contribution < -0.4 is 11.7 Å². The number of carbonyl (C=O) groups excluding carboxylic acids is 2. The lowest BCUT2D eigenvalue weighted by molar-refractivity contribution is -0.135. The second kappa shape index (κ2) is 34.2. The van der Waals surface area contributed by atoms with Crippen LogP contribution in [0.1, 0.15) is 194 Å². The van der Waals surface area contributed by atoms with Crippen LogP contribution in [0.25, 0.3) is 0 Å². The van der Waals surface area contributed by atoms with Crippen LogP contribution in [-0.2, 0) is 9.59 Å². The van der Waals surface area contributed by atoms with E-state index < -0.39 is 0 Å². The summed E-state index contributed by atoms with van der Waals surface area (Å²) < 4.78 is 0. The molecule has 0 saturated heterocycles. The number of hydrogen-bond donors (Lipinski definition) is 2. The van der Waals surface area contributed by atoms with Gasteiger partial charge in [-0.1, -0.05) is 141 Å². The standard InChI is InChI=1S/C38H74N4O2/c1-3-5-7-9-11-13-15-17-19-21-23-25-27-29-31-33-37(43)41(39)35-36-42(40)38(44)34-32-30-28-26-24-22-20-18-16-14-12-10-8-6-4-2/h17-20H,3-16,21-36,39-40H2,1-2H3. The third kappa shape index (κ3) is 30.4. The van der Waals surface area contributed by atoms with Crippen LogP contribution in [0.3, 0.4) is 0 Å². The van der Waals surface area contributed by atoms with Crippen molar-refractivity contribution in [3.63, 3.8) is 0 Å². The van der Waals surface area contributed by atoms with Crippen molar-refractivity contribution in [2.75, 3.05) is 13.1 Å². The Kier molecular flexibility index (Phi) is 32.9. The molecule has 0 spiro atoms. The molecule has 44 heavy (non-hydrogen) atoms. The maximum absolute atomic E-state index is 12.3. The molecule has 4 N–H and O–H groups in total. The quantitative estimate of drug-likeness (QED) is 0.0252. The summed E-state index contributed by atoms with van der Waals surface area (Å²) in [5, 5.41) is 2.45. The number of rotatable bonds is 33. The number of nitrogens with two attached hydrogens (primary N) is 2. The van der Waals surface area contributed by atoms with Gasteiger partial charge in [0, 0.05) is 12.8 Å². The average Bonchev–Trinajstić information content (AvgIpc) is 3.03. The number of unbranched alkanes of at least 4 members (excludes halogenated alkanes) is 22. The maximum Gasteiger partial charge on any atom is 0.236 e. The number of amides is 2. The van der Waals surface area contributed by atoms with Gasteiger partial charge in [0.1, 0.15) is 0 Å². The Morgan fingerprint density at radius 3 is 0.955 bits per heavy atom. The van der Waals surface area contributed by atoms with Crippen molar-refractivity contribution in [1.82, 2.24) is 10.0 Å². The lowest BCUT2D eigenvalue weighted by Crippen LogP contribution is -2.46. The second-order valence-corrected chi connectivity index (χ2v) is 12.8. The topological polar surface area (TPSA) is 92.7 Å². The summed E-state index contributed by atoms with van der Waals surface area (Å²) in [6, 6.07) is 0. The van der Waals surface area contributed by atoms with E-state index in [1.807, 2.05) is 0 Å². The Morgan fingerprint density at radius 2 is 0.659 bits per heavy atom. The molecule has 0 radical (unpaired) electrons. The molecular formula is C38H74N4O2. The summed E-state index contributed by atoms with van der Waals surface area (Å²) in [5.74, 6) is 11.7. The minimum Gasteiger partial charge on any atom is -0.279 e. The molecule has 6 heteroatoms. The van der Waals surface area contributed by atoms with Gasteiger partial charge in [0.15, 0.2) is 0 Å². The summed E-state index contributed by atoms with van der Waals surface area (Å²) >= 11 is 0. The van der Waals surface area contributed by atoms with E-state index in [1.54, 1.807) is 0 Å². The van der Waals surface area contributed by atoms with Crippen LogP contribution in [0.2, 0.25) is 0 Å². The average molecular weight is 619 g/mol. The highest BCUT2D eigenvalue weighted by Crippen LogP contribution is 2.12. The van der Waals surface area contributed by atoms with E-state index in [1.165, 1.54) is 126 Å². The normalized spacial score (nSPS) is 11.6. The minimum absolute atomic E-state index is 0.0688. The molecule has 0 aliphatic carbocycles. The predicted octanol–water partition coefficient (Wildman–Crippen LogP) is 10.5. The van der Waals surface area contributed by atoms with Gasteiger partial charge in [-0.05, 0) is 64.2 Å². The second-order valence-electron chi connectivity index (χ2n) is 12.8. The van der Waals surface area contributed by atoms with Crippen LogP contribution in [-0.4, -0.2) is 34.9 Å². The highest BCUT2D eigenvalue weighted by atomic mass is 16.2. The molecule has 0 aliphatic heterocycles. The van der Waals surface area contributed by atoms with Gasteiger partial charge in [0.2, 0.25) is 11.8 Å². The molecule has 0 bridgehead atoms. The van der Waals surface area contributed by atoms with Crippen LogP contribution in [0.4, 0.5) is 0 Å². The molecule has 0 unspecified atom stereocenters. The Morgan fingerprint density at radius 1 is 0.409 bits per heavy atom. The van der Waals surface area contributed by atoms with Crippen molar-refractivity contribution in [2.24, 2.45) is 11.7 Å². The van der Waals surface area contributed by atoms with Gasteiger partial charge in [0.05, 0.1) is 13.1 Å². The zero-order chi connectivity index (χ0) is 32.4. The number of nitrogens with zero attached hydrogens (tertiary/aromatic N) is 2. The first kappa shape index (κ1) is 42.3. The van der Waals surface area contributed by atoms with E-state index in [0.29, 0.717) is 12.8 Å². The van der Waals surface area contributed by atoms with Gasteiger partial charge in [-0.2, -0.15) is 0 Å². The lowest BCUT2D eigenvalue weighted by Gasteiger charge is -2.21. The highest BCUT2D eigenvalue weighted by Gasteiger charge is 2.13. The SMILES string of the molecule is CCCCCCCCC=CCCCCCCCC(=O)N(N)CCN(N)C(=O)CCCCCCCC=CCCCCCCCC. The van der Waals surface area contributed by atoms with Gasteiger partial charge >= 0.3 is 0 Å². The third-order valence-electron chi connectivity index (χ3n) is 8.53. The maximum atomic E-state index is 12.3. The molecule has 6 nitrogen and oxygen atoms in total. The van der Waals surface area contributed by atoms with Crippen LogP contribution in [0.5, 0.6) is 0 Å². The smallest absolute Gasteiger partial charge is 0.236 e. The Bertz CT molecular complexity index is 636. The van der Waals surface area contributed by atoms with E-state index in [2.05, 4.69) is 38.2 Å². The molecule has 0 rings (SSSR count). The van der Waals surface area contributed by atoms with E-state index in [4.69, 9.17) is 11.7 Å². The van der Waals surface area contributed by atoms with Crippen molar-refractivity contribution >= 4 is 11.8 Å². The van der Waals surface area contributed by atoms with Crippen molar-refractivity contribution in [3.8, 4) is 0 Å². The fourth-order valence-electron chi connectivity index (χ4n) is 5.45. The minimum atomic E-state index is -0.0688. The lowest BCUT2D eigenvalue weighted by atomic mass is 10.1. The molecule has 0 aromatic rings. The van der Waals surface area contributed by atoms with Crippen molar-refractivity contribution in [3.05, 3.63) is 24.3 Å². The summed E-state index contributed by atoms with van der Waals surface area (Å²) in [4.78, 5) is 24.7. The van der Waals surface area contributed by atoms with Crippen LogP contribution in [0.15, 0.2) is 24.3 Å². The van der Waals surface area contributed by atoms with Gasteiger partial charge in [-0.3, -0.25) is 19.6 Å². The van der Waals surface area contributed by atoms with E-state index >= 15 is 0 Å². The Labute approximate surface area is 273 Å². The Hall–Kier alpha value is -1.66. The zero-order valence-electron chi connectivity index (χ0n) is 29.4. The molecule has 258 valence electrons. The first-order valence-corrected chi connectivity index (χ1v) is 18.9. The zero-order valence-corrected chi connectivity index (χ0v) is 29.4. The van der Waals surface area contributed by atoms with Gasteiger partial charge in [-0.15, -0.1) is 0 Å². The molecule has 2 amide bonds. The van der Waals surface area contributed by atoms with Gasteiger partial charge in [-0.25, -0.2) is 11.7 Å². The summed E-state index contributed by atoms with van der Waals surface area (Å²) in [7, 11) is 0. The summed E-state index contributed by atoms with van der Waals surface area (Å²) in [6.07, 6.45) is 42.4. The highest BCUT2D eigenvalue weighted by molar-refractivity contribution is 5.76. The molecular weight excluding hydrogens is 544 g/mol. The first-order chi connectivity index (χ1) is 21.5. The van der Waals surface area contributed by atoms with Crippen molar-refractivity contribution < 1.29 is 9.59 Å². The van der Waals surface area contributed by atoms with Crippen molar-refractivity contribution in [1.29, 1.82) is 0 Å². The largest absolute Gasteiger partial charge is 0.279 e. The molecule has 0 aliphatic rings. The summed E-state index contributed by atoms with van der Waals surface area (Å²) in [5.41, 5.74) is 0. The molecule has 0 aromatic carbocycles. The fraction of sp³-hybridized carbons (Fsp3) is 0.842. The van der Waals surface area contributed by atoms with E-state index in [-0.39, 0.29) is 24.9 Å². The number of carbonyl (C=O) groups is 2. The number of hydrazine groups is 2. The summed E-state index contributed by atoms with van der Waals surface area (Å²) in [6.45, 7) is 5.08. The molecule has 0 heterocycles. The van der Waals surface area contributed by atoms with Crippen molar-refractivity contribution in [2.45, 2.75) is 194 Å². The monoisotopic (exact) mass is 619 g/mol. The number of hydrogen-bond acceptors (Lipinski definition) is 4. The molecule has 0 fully saturated rings. The third-order valence-corrected chi connectivity index (χ3v) is 8.53.